The summed E-state index contributed by atoms with van der Waals surface area (Å²) in [6.07, 6.45) is 6.29. The van der Waals surface area contributed by atoms with Gasteiger partial charge in [0.15, 0.2) is 0 Å². The Bertz CT molecular complexity index is 328. The number of urea groups is 1. The molecule has 6 heteroatoms. The molecule has 0 aromatic rings. The molecule has 0 radical (unpaired) electrons. The molecule has 1 fully saturated rings. The van der Waals surface area contributed by atoms with Crippen LogP contribution in [-0.4, -0.2) is 53.8 Å². The van der Waals surface area contributed by atoms with Crippen LogP contribution in [0.3, 0.4) is 0 Å². The molecule has 0 spiro atoms. The quantitative estimate of drug-likeness (QED) is 0.674. The van der Waals surface area contributed by atoms with Gasteiger partial charge in [0.05, 0.1) is 19.1 Å². The van der Waals surface area contributed by atoms with Gasteiger partial charge in [-0.15, -0.1) is 0 Å². The van der Waals surface area contributed by atoms with Gasteiger partial charge in [-0.05, 0) is 26.7 Å². The average molecular weight is 300 g/mol. The zero-order valence-corrected chi connectivity index (χ0v) is 13.1. The molecular formula is C15H28N2O4. The zero-order valence-electron chi connectivity index (χ0n) is 13.1. The Kier molecular flexibility index (Phi) is 8.12. The van der Waals surface area contributed by atoms with E-state index in [4.69, 9.17) is 9.84 Å². The first kappa shape index (κ1) is 17.8. The maximum Gasteiger partial charge on any atom is 0.317 e. The van der Waals surface area contributed by atoms with Gasteiger partial charge >= 0.3 is 12.0 Å². The first-order valence-corrected chi connectivity index (χ1v) is 7.88. The molecule has 2 amide bonds. The Morgan fingerprint density at radius 2 is 1.95 bits per heavy atom. The van der Waals surface area contributed by atoms with Crippen LogP contribution < -0.4 is 5.32 Å². The predicted molar refractivity (Wildman–Crippen MR) is 80.3 cm³/mol. The Morgan fingerprint density at radius 1 is 1.29 bits per heavy atom. The van der Waals surface area contributed by atoms with E-state index < -0.39 is 5.97 Å². The highest BCUT2D eigenvalue weighted by Crippen LogP contribution is 2.19. The molecule has 0 saturated heterocycles. The smallest absolute Gasteiger partial charge is 0.317 e. The van der Waals surface area contributed by atoms with Crippen LogP contribution in [0.4, 0.5) is 4.79 Å². The fourth-order valence-electron chi connectivity index (χ4n) is 2.53. The van der Waals surface area contributed by atoms with Crippen molar-refractivity contribution in [3.63, 3.8) is 0 Å². The topological polar surface area (TPSA) is 78.9 Å². The SMILES string of the molecule is CC(C)N(CCC(=O)O)C(=O)NCCOC1CCCCC1. The number of ether oxygens (including phenoxy) is 1. The highest BCUT2D eigenvalue weighted by atomic mass is 16.5. The van der Waals surface area contributed by atoms with Crippen molar-refractivity contribution < 1.29 is 19.4 Å². The number of hydrogen-bond donors (Lipinski definition) is 2. The van der Waals surface area contributed by atoms with Gasteiger partial charge < -0.3 is 20.1 Å². The van der Waals surface area contributed by atoms with Crippen LogP contribution >= 0.6 is 0 Å². The molecular weight excluding hydrogens is 272 g/mol. The van der Waals surface area contributed by atoms with Crippen LogP contribution in [0.15, 0.2) is 0 Å². The maximum atomic E-state index is 12.0. The van der Waals surface area contributed by atoms with Crippen molar-refractivity contribution >= 4 is 12.0 Å². The van der Waals surface area contributed by atoms with Crippen LogP contribution in [0.2, 0.25) is 0 Å². The normalized spacial score (nSPS) is 16.0. The Labute approximate surface area is 126 Å². The highest BCUT2D eigenvalue weighted by Gasteiger charge is 2.18. The third-order valence-corrected chi connectivity index (χ3v) is 3.73. The van der Waals surface area contributed by atoms with Crippen LogP contribution in [-0.2, 0) is 9.53 Å². The lowest BCUT2D eigenvalue weighted by atomic mass is 9.98. The monoisotopic (exact) mass is 300 g/mol. The lowest BCUT2D eigenvalue weighted by molar-refractivity contribution is -0.137. The molecule has 21 heavy (non-hydrogen) atoms. The molecule has 0 heterocycles. The number of carboxylic acid groups (broad SMARTS) is 1. The second kappa shape index (κ2) is 9.60. The van der Waals surface area contributed by atoms with E-state index in [0.29, 0.717) is 19.3 Å². The van der Waals surface area contributed by atoms with E-state index in [9.17, 15) is 9.59 Å². The van der Waals surface area contributed by atoms with Crippen molar-refractivity contribution in [2.24, 2.45) is 0 Å². The number of rotatable bonds is 8. The average Bonchev–Trinajstić information content (AvgIpc) is 2.44. The zero-order chi connectivity index (χ0) is 15.7. The molecule has 6 nitrogen and oxygen atoms in total. The molecule has 1 aliphatic rings. The molecule has 1 aliphatic carbocycles. The van der Waals surface area contributed by atoms with E-state index >= 15 is 0 Å². The summed E-state index contributed by atoms with van der Waals surface area (Å²) in [5.74, 6) is -0.894. The standard InChI is InChI=1S/C15H28N2O4/c1-12(2)17(10-8-14(18)19)15(20)16-9-11-21-13-6-4-3-5-7-13/h12-13H,3-11H2,1-2H3,(H,16,20)(H,18,19). The van der Waals surface area contributed by atoms with Crippen molar-refractivity contribution in [3.05, 3.63) is 0 Å². The van der Waals surface area contributed by atoms with Gasteiger partial charge in [0.25, 0.3) is 0 Å². The fourth-order valence-corrected chi connectivity index (χ4v) is 2.53. The Morgan fingerprint density at radius 3 is 2.52 bits per heavy atom. The molecule has 0 bridgehead atoms. The maximum absolute atomic E-state index is 12.0. The number of amides is 2. The van der Waals surface area contributed by atoms with Gasteiger partial charge in [0, 0.05) is 19.1 Å². The van der Waals surface area contributed by atoms with Crippen LogP contribution in [0.1, 0.15) is 52.4 Å². The van der Waals surface area contributed by atoms with Crippen LogP contribution in [0.5, 0.6) is 0 Å². The molecule has 1 saturated carbocycles. The number of nitrogens with zero attached hydrogens (tertiary/aromatic N) is 1. The number of aliphatic carboxylic acids is 1. The summed E-state index contributed by atoms with van der Waals surface area (Å²) in [5.41, 5.74) is 0. The van der Waals surface area contributed by atoms with E-state index in [-0.39, 0.29) is 25.0 Å². The van der Waals surface area contributed by atoms with Crippen molar-refractivity contribution in [1.82, 2.24) is 10.2 Å². The largest absolute Gasteiger partial charge is 0.481 e. The van der Waals surface area contributed by atoms with Gasteiger partial charge in [-0.3, -0.25) is 4.79 Å². The van der Waals surface area contributed by atoms with Crippen molar-refractivity contribution in [1.29, 1.82) is 0 Å². The summed E-state index contributed by atoms with van der Waals surface area (Å²) in [7, 11) is 0. The third-order valence-electron chi connectivity index (χ3n) is 3.73. The molecule has 0 aromatic heterocycles. The lowest BCUT2D eigenvalue weighted by Crippen LogP contribution is -2.46. The molecule has 2 N–H and O–H groups in total. The van der Waals surface area contributed by atoms with Crippen molar-refractivity contribution in [2.75, 3.05) is 19.7 Å². The number of carbonyl (C=O) groups excluding carboxylic acids is 1. The van der Waals surface area contributed by atoms with Gasteiger partial charge in [0.2, 0.25) is 0 Å². The number of nitrogens with one attached hydrogen (secondary N) is 1. The Hall–Kier alpha value is -1.30. The molecule has 1 rings (SSSR count). The van der Waals surface area contributed by atoms with E-state index in [1.54, 1.807) is 0 Å². The van der Waals surface area contributed by atoms with Crippen molar-refractivity contribution in [2.45, 2.75) is 64.5 Å². The summed E-state index contributed by atoms with van der Waals surface area (Å²) >= 11 is 0. The lowest BCUT2D eigenvalue weighted by Gasteiger charge is -2.27. The molecule has 0 atom stereocenters. The summed E-state index contributed by atoms with van der Waals surface area (Å²) in [4.78, 5) is 24.2. The second-order valence-electron chi connectivity index (χ2n) is 5.79. The summed E-state index contributed by atoms with van der Waals surface area (Å²) in [5, 5.41) is 11.5. The van der Waals surface area contributed by atoms with Crippen LogP contribution in [0, 0.1) is 0 Å². The van der Waals surface area contributed by atoms with Gasteiger partial charge in [0.1, 0.15) is 0 Å². The minimum atomic E-state index is -0.894. The minimum Gasteiger partial charge on any atom is -0.481 e. The van der Waals surface area contributed by atoms with E-state index in [1.165, 1.54) is 24.2 Å². The molecule has 0 aromatic carbocycles. The number of carbonyl (C=O) groups is 2. The number of hydrogen-bond acceptors (Lipinski definition) is 3. The van der Waals surface area contributed by atoms with Gasteiger partial charge in [-0.2, -0.15) is 0 Å². The summed E-state index contributed by atoms with van der Waals surface area (Å²) in [6.45, 7) is 4.95. The molecule has 0 aliphatic heterocycles. The summed E-state index contributed by atoms with van der Waals surface area (Å²) in [6, 6.07) is -0.248. The molecule has 0 unspecified atom stereocenters. The first-order chi connectivity index (χ1) is 10.0. The minimum absolute atomic E-state index is 0.0244. The fraction of sp³-hybridized carbons (Fsp3) is 0.867. The van der Waals surface area contributed by atoms with Crippen LogP contribution in [0.25, 0.3) is 0 Å². The molecule has 122 valence electrons. The van der Waals surface area contributed by atoms with E-state index in [1.807, 2.05) is 13.8 Å². The second-order valence-corrected chi connectivity index (χ2v) is 5.79. The van der Waals surface area contributed by atoms with E-state index in [0.717, 1.165) is 12.8 Å². The Balaban J connectivity index is 2.21. The van der Waals surface area contributed by atoms with Gasteiger partial charge in [-0.1, -0.05) is 19.3 Å². The third kappa shape index (κ3) is 7.32. The number of carboxylic acids is 1. The summed E-state index contributed by atoms with van der Waals surface area (Å²) < 4.78 is 5.74. The van der Waals surface area contributed by atoms with Gasteiger partial charge in [-0.25, -0.2) is 4.79 Å². The highest BCUT2D eigenvalue weighted by molar-refractivity contribution is 5.75. The van der Waals surface area contributed by atoms with E-state index in [2.05, 4.69) is 5.32 Å². The van der Waals surface area contributed by atoms with Crippen molar-refractivity contribution in [3.8, 4) is 0 Å². The first-order valence-electron chi connectivity index (χ1n) is 7.88. The predicted octanol–water partition coefficient (Wildman–Crippen LogP) is 2.23.